The first kappa shape index (κ1) is 11.0. The van der Waals surface area contributed by atoms with E-state index in [-0.39, 0.29) is 6.04 Å². The van der Waals surface area contributed by atoms with Gasteiger partial charge in [-0.15, -0.1) is 0 Å². The Bertz CT molecular complexity index is 274. The molecule has 14 heavy (non-hydrogen) atoms. The molecule has 0 amide bonds. The largest absolute Gasteiger partial charge is 0.342 e. The maximum atomic E-state index is 5.85. The van der Waals surface area contributed by atoms with Crippen molar-refractivity contribution in [3.05, 3.63) is 5.89 Å². The quantitative estimate of drug-likeness (QED) is 0.773. The summed E-state index contributed by atoms with van der Waals surface area (Å²) in [4.78, 5) is 6.13. The molecule has 0 spiro atoms. The monoisotopic (exact) mass is 198 g/mol. The Kier molecular flexibility index (Phi) is 3.88. The molecular formula is C9H18N4O. The van der Waals surface area contributed by atoms with Crippen LogP contribution in [0.3, 0.4) is 0 Å². The van der Waals surface area contributed by atoms with E-state index in [1.807, 2.05) is 18.9 Å². The van der Waals surface area contributed by atoms with Crippen LogP contribution in [0, 0.1) is 0 Å². The van der Waals surface area contributed by atoms with Crippen molar-refractivity contribution < 1.29 is 4.52 Å². The third-order valence-corrected chi connectivity index (χ3v) is 2.16. The second kappa shape index (κ2) is 4.95. The van der Waals surface area contributed by atoms with Crippen molar-refractivity contribution in [2.75, 3.05) is 18.5 Å². The highest BCUT2D eigenvalue weighted by Gasteiger charge is 2.14. The van der Waals surface area contributed by atoms with E-state index in [1.54, 1.807) is 0 Å². The summed E-state index contributed by atoms with van der Waals surface area (Å²) in [6.07, 6.45) is 1.89. The number of rotatable bonds is 5. The van der Waals surface area contributed by atoms with Crippen LogP contribution in [0.2, 0.25) is 0 Å². The number of hydrogen-bond donors (Lipinski definition) is 1. The molecule has 0 saturated carbocycles. The molecule has 0 radical (unpaired) electrons. The summed E-state index contributed by atoms with van der Waals surface area (Å²) >= 11 is 0. The first-order valence-corrected chi connectivity index (χ1v) is 4.99. The van der Waals surface area contributed by atoms with Crippen LogP contribution >= 0.6 is 0 Å². The molecule has 80 valence electrons. The predicted molar refractivity (Wildman–Crippen MR) is 55.1 cm³/mol. The molecule has 2 N–H and O–H groups in total. The van der Waals surface area contributed by atoms with Gasteiger partial charge in [-0.1, -0.05) is 13.3 Å². The van der Waals surface area contributed by atoms with Gasteiger partial charge in [0, 0.05) is 13.6 Å². The van der Waals surface area contributed by atoms with Crippen LogP contribution in [0.15, 0.2) is 4.52 Å². The highest BCUT2D eigenvalue weighted by atomic mass is 16.5. The lowest BCUT2D eigenvalue weighted by atomic mass is 10.2. The molecule has 1 atom stereocenters. The second-order valence-corrected chi connectivity index (χ2v) is 3.34. The van der Waals surface area contributed by atoms with E-state index in [0.29, 0.717) is 11.8 Å². The topological polar surface area (TPSA) is 68.2 Å². The van der Waals surface area contributed by atoms with E-state index in [4.69, 9.17) is 10.3 Å². The zero-order valence-corrected chi connectivity index (χ0v) is 9.03. The van der Waals surface area contributed by atoms with E-state index in [0.717, 1.165) is 19.4 Å². The summed E-state index contributed by atoms with van der Waals surface area (Å²) in [5.41, 5.74) is 5.85. The third kappa shape index (κ3) is 2.45. The number of nitrogens with two attached hydrogens (primary N) is 1. The van der Waals surface area contributed by atoms with Gasteiger partial charge in [0.15, 0.2) is 0 Å². The minimum absolute atomic E-state index is 0.133. The second-order valence-electron chi connectivity index (χ2n) is 3.34. The third-order valence-electron chi connectivity index (χ3n) is 2.16. The minimum atomic E-state index is -0.133. The molecule has 1 heterocycles. The van der Waals surface area contributed by atoms with Crippen molar-refractivity contribution in [1.82, 2.24) is 10.1 Å². The Morgan fingerprint density at radius 2 is 2.21 bits per heavy atom. The summed E-state index contributed by atoms with van der Waals surface area (Å²) in [5.74, 6) is 1.14. The first-order valence-electron chi connectivity index (χ1n) is 4.99. The molecule has 5 nitrogen and oxygen atoms in total. The van der Waals surface area contributed by atoms with Crippen molar-refractivity contribution in [3.63, 3.8) is 0 Å². The van der Waals surface area contributed by atoms with Crippen molar-refractivity contribution in [1.29, 1.82) is 0 Å². The van der Waals surface area contributed by atoms with Gasteiger partial charge in [-0.3, -0.25) is 0 Å². The zero-order valence-electron chi connectivity index (χ0n) is 9.03. The van der Waals surface area contributed by atoms with Crippen LogP contribution in [0.5, 0.6) is 0 Å². The highest BCUT2D eigenvalue weighted by Crippen LogP contribution is 2.16. The van der Waals surface area contributed by atoms with Crippen LogP contribution in [-0.2, 0) is 0 Å². The molecular weight excluding hydrogens is 180 g/mol. The fourth-order valence-corrected chi connectivity index (χ4v) is 1.11. The molecule has 0 aliphatic carbocycles. The lowest BCUT2D eigenvalue weighted by Gasteiger charge is -2.09. The molecule has 0 bridgehead atoms. The molecule has 0 saturated heterocycles. The fourth-order valence-electron chi connectivity index (χ4n) is 1.11. The normalized spacial score (nSPS) is 12.9. The molecule has 5 heteroatoms. The van der Waals surface area contributed by atoms with Crippen molar-refractivity contribution >= 4 is 5.95 Å². The van der Waals surface area contributed by atoms with Crippen molar-refractivity contribution in [3.8, 4) is 0 Å². The number of aromatic nitrogens is 2. The molecule has 1 aromatic rings. The fraction of sp³-hybridized carbons (Fsp3) is 0.778. The average molecular weight is 198 g/mol. The van der Waals surface area contributed by atoms with Gasteiger partial charge in [-0.05, 0) is 18.5 Å². The van der Waals surface area contributed by atoms with E-state index in [2.05, 4.69) is 17.1 Å². The predicted octanol–water partition coefficient (Wildman–Crippen LogP) is 1.33. The van der Waals surface area contributed by atoms with Crippen LogP contribution in [0.1, 0.15) is 38.6 Å². The smallest absolute Gasteiger partial charge is 0.265 e. The molecule has 1 rings (SSSR count). The maximum Gasteiger partial charge on any atom is 0.265 e. The van der Waals surface area contributed by atoms with Gasteiger partial charge >= 0.3 is 0 Å². The van der Waals surface area contributed by atoms with Gasteiger partial charge in [-0.2, -0.15) is 4.98 Å². The van der Waals surface area contributed by atoms with Gasteiger partial charge < -0.3 is 15.2 Å². The lowest BCUT2D eigenvalue weighted by Crippen LogP contribution is -2.17. The minimum Gasteiger partial charge on any atom is -0.342 e. The molecule has 0 aliphatic heterocycles. The SMILES string of the molecule is CCCC(N)c1nc(N(C)CC)no1. The van der Waals surface area contributed by atoms with Gasteiger partial charge in [0.25, 0.3) is 5.95 Å². The molecule has 0 aromatic carbocycles. The summed E-state index contributed by atoms with van der Waals surface area (Å²) in [5, 5.41) is 3.85. The Morgan fingerprint density at radius 3 is 2.79 bits per heavy atom. The lowest BCUT2D eigenvalue weighted by molar-refractivity contribution is 0.347. The molecule has 1 unspecified atom stereocenters. The van der Waals surface area contributed by atoms with Crippen LogP contribution in [0.4, 0.5) is 5.95 Å². The number of anilines is 1. The van der Waals surface area contributed by atoms with E-state index in [9.17, 15) is 0 Å². The van der Waals surface area contributed by atoms with Crippen molar-refractivity contribution in [2.24, 2.45) is 5.73 Å². The Hall–Kier alpha value is -1.10. The van der Waals surface area contributed by atoms with Crippen LogP contribution < -0.4 is 10.6 Å². The summed E-state index contributed by atoms with van der Waals surface area (Å²) in [7, 11) is 1.92. The van der Waals surface area contributed by atoms with Gasteiger partial charge in [0.1, 0.15) is 0 Å². The zero-order chi connectivity index (χ0) is 10.6. The van der Waals surface area contributed by atoms with E-state index < -0.39 is 0 Å². The Morgan fingerprint density at radius 1 is 1.50 bits per heavy atom. The molecule has 1 aromatic heterocycles. The maximum absolute atomic E-state index is 5.85. The van der Waals surface area contributed by atoms with Crippen LogP contribution in [0.25, 0.3) is 0 Å². The van der Waals surface area contributed by atoms with Gasteiger partial charge in [0.2, 0.25) is 5.89 Å². The number of hydrogen-bond acceptors (Lipinski definition) is 5. The van der Waals surface area contributed by atoms with Gasteiger partial charge in [-0.25, -0.2) is 0 Å². The van der Waals surface area contributed by atoms with Crippen molar-refractivity contribution in [2.45, 2.75) is 32.7 Å². The Balaban J connectivity index is 2.67. The van der Waals surface area contributed by atoms with E-state index >= 15 is 0 Å². The average Bonchev–Trinajstić information content (AvgIpc) is 2.66. The standard InChI is InChI=1S/C9H18N4O/c1-4-6-7(10)8-11-9(12-14-8)13(3)5-2/h7H,4-6,10H2,1-3H3. The van der Waals surface area contributed by atoms with Gasteiger partial charge in [0.05, 0.1) is 6.04 Å². The molecule has 0 fully saturated rings. The molecule has 0 aliphatic rings. The summed E-state index contributed by atoms with van der Waals surface area (Å²) in [6, 6.07) is -0.133. The van der Waals surface area contributed by atoms with Crippen LogP contribution in [-0.4, -0.2) is 23.7 Å². The number of nitrogens with zero attached hydrogens (tertiary/aromatic N) is 3. The Labute approximate surface area is 84.3 Å². The summed E-state index contributed by atoms with van der Waals surface area (Å²) in [6.45, 7) is 4.96. The van der Waals surface area contributed by atoms with E-state index in [1.165, 1.54) is 0 Å². The highest BCUT2D eigenvalue weighted by molar-refractivity contribution is 5.25. The summed E-state index contributed by atoms with van der Waals surface area (Å²) < 4.78 is 5.07. The first-order chi connectivity index (χ1) is 6.69.